The van der Waals surface area contributed by atoms with Crippen LogP contribution in [0.2, 0.25) is 0 Å². The van der Waals surface area contributed by atoms with E-state index in [-0.39, 0.29) is 0 Å². The van der Waals surface area contributed by atoms with Gasteiger partial charge in [-0.1, -0.05) is 0 Å². The topological polar surface area (TPSA) is 28.2 Å². The van der Waals surface area contributed by atoms with Gasteiger partial charge in [-0.15, -0.1) is 11.3 Å². The van der Waals surface area contributed by atoms with Crippen molar-refractivity contribution in [3.63, 3.8) is 0 Å². The Hall–Kier alpha value is -0.450. The first-order chi connectivity index (χ1) is 8.16. The van der Waals surface area contributed by atoms with E-state index in [4.69, 9.17) is 0 Å². The van der Waals surface area contributed by atoms with Gasteiger partial charge in [-0.25, -0.2) is 4.98 Å². The molecular weight excluding hydrogens is 230 g/mol. The van der Waals surface area contributed by atoms with Crippen molar-refractivity contribution in [3.05, 3.63) is 16.6 Å². The molecule has 1 N–H and O–H groups in total. The molecule has 0 spiro atoms. The summed E-state index contributed by atoms with van der Waals surface area (Å²) in [5.74, 6) is 0.804. The highest BCUT2D eigenvalue weighted by atomic mass is 32.1. The third kappa shape index (κ3) is 3.50. The Morgan fingerprint density at radius 3 is 2.94 bits per heavy atom. The summed E-state index contributed by atoms with van der Waals surface area (Å²) in [7, 11) is 0. The molecule has 0 aliphatic carbocycles. The van der Waals surface area contributed by atoms with Gasteiger partial charge >= 0.3 is 0 Å². The lowest BCUT2D eigenvalue weighted by Gasteiger charge is -2.21. The van der Waals surface area contributed by atoms with Crippen molar-refractivity contribution in [3.8, 4) is 0 Å². The van der Waals surface area contributed by atoms with E-state index in [1.807, 2.05) is 5.51 Å². The molecule has 2 unspecified atom stereocenters. The summed E-state index contributed by atoms with van der Waals surface area (Å²) in [6, 6.07) is 1.07. The molecule has 1 saturated heterocycles. The first-order valence-electron chi connectivity index (χ1n) is 6.52. The van der Waals surface area contributed by atoms with Crippen LogP contribution in [0.1, 0.15) is 38.9 Å². The average molecular weight is 253 g/mol. The summed E-state index contributed by atoms with van der Waals surface area (Å²) >= 11 is 1.67. The molecule has 1 aliphatic heterocycles. The van der Waals surface area contributed by atoms with Crippen LogP contribution in [0.5, 0.6) is 0 Å². The molecule has 0 radical (unpaired) electrons. The normalized spacial score (nSPS) is 23.4. The molecule has 1 fully saturated rings. The molecule has 3 nitrogen and oxygen atoms in total. The summed E-state index contributed by atoms with van der Waals surface area (Å²) < 4.78 is 0. The zero-order chi connectivity index (χ0) is 12.3. The molecule has 1 aromatic heterocycles. The minimum atomic E-state index is 0.384. The van der Waals surface area contributed by atoms with Crippen LogP contribution in [0.15, 0.2) is 10.9 Å². The van der Waals surface area contributed by atoms with Gasteiger partial charge in [0.2, 0.25) is 0 Å². The summed E-state index contributed by atoms with van der Waals surface area (Å²) in [4.78, 5) is 6.92. The number of rotatable bonds is 5. The molecule has 2 heterocycles. The van der Waals surface area contributed by atoms with Crippen LogP contribution in [0, 0.1) is 5.92 Å². The molecule has 4 heteroatoms. The predicted octanol–water partition coefficient (Wildman–Crippen LogP) is 2.52. The molecule has 0 aromatic carbocycles. The van der Waals surface area contributed by atoms with E-state index in [1.54, 1.807) is 11.3 Å². The van der Waals surface area contributed by atoms with E-state index in [0.717, 1.165) is 12.5 Å². The molecule has 96 valence electrons. The number of hydrogen-bond donors (Lipinski definition) is 1. The predicted molar refractivity (Wildman–Crippen MR) is 73.3 cm³/mol. The summed E-state index contributed by atoms with van der Waals surface area (Å²) in [5.41, 5.74) is 3.08. The summed E-state index contributed by atoms with van der Waals surface area (Å²) in [6.45, 7) is 10.4. The minimum Gasteiger partial charge on any atom is -0.309 e. The number of nitrogens with one attached hydrogen (secondary N) is 1. The zero-order valence-electron chi connectivity index (χ0n) is 11.0. The lowest BCUT2D eigenvalue weighted by molar-refractivity contribution is 0.263. The summed E-state index contributed by atoms with van der Waals surface area (Å²) in [5, 5.41) is 5.74. The van der Waals surface area contributed by atoms with Gasteiger partial charge < -0.3 is 10.2 Å². The van der Waals surface area contributed by atoms with E-state index in [2.05, 4.69) is 41.4 Å². The van der Waals surface area contributed by atoms with Gasteiger partial charge in [0.25, 0.3) is 0 Å². The average Bonchev–Trinajstić information content (AvgIpc) is 2.97. The molecule has 0 amide bonds. The van der Waals surface area contributed by atoms with E-state index in [1.165, 1.54) is 25.2 Å². The van der Waals surface area contributed by atoms with Gasteiger partial charge in [0.1, 0.15) is 0 Å². The van der Waals surface area contributed by atoms with Crippen LogP contribution in [0.25, 0.3) is 0 Å². The zero-order valence-corrected chi connectivity index (χ0v) is 11.8. The van der Waals surface area contributed by atoms with Crippen LogP contribution in [-0.2, 0) is 0 Å². The largest absolute Gasteiger partial charge is 0.309 e. The first-order valence-corrected chi connectivity index (χ1v) is 7.46. The number of likely N-dealkylation sites (tertiary alicyclic amines) is 1. The van der Waals surface area contributed by atoms with Crippen LogP contribution < -0.4 is 5.32 Å². The third-order valence-corrected chi connectivity index (χ3v) is 4.26. The fourth-order valence-corrected chi connectivity index (χ4v) is 3.03. The fraction of sp³-hybridized carbons (Fsp3) is 0.769. The second-order valence-corrected chi connectivity index (χ2v) is 6.01. The monoisotopic (exact) mass is 253 g/mol. The number of aromatic nitrogens is 1. The Bertz CT molecular complexity index is 323. The molecule has 2 atom stereocenters. The molecule has 0 bridgehead atoms. The fourth-order valence-electron chi connectivity index (χ4n) is 2.38. The SMILES string of the molecule is CC(NCC1CCN(C(C)C)C1)c1cscn1. The minimum absolute atomic E-state index is 0.384. The van der Waals surface area contributed by atoms with Crippen LogP contribution in [-0.4, -0.2) is 35.6 Å². The van der Waals surface area contributed by atoms with Crippen molar-refractivity contribution in [2.24, 2.45) is 5.92 Å². The van der Waals surface area contributed by atoms with Gasteiger partial charge in [-0.3, -0.25) is 0 Å². The Kier molecular flexibility index (Phi) is 4.54. The highest BCUT2D eigenvalue weighted by Gasteiger charge is 2.24. The van der Waals surface area contributed by atoms with Crippen molar-refractivity contribution in [1.29, 1.82) is 0 Å². The number of thiazole rings is 1. The van der Waals surface area contributed by atoms with Crippen molar-refractivity contribution in [2.45, 2.75) is 39.3 Å². The van der Waals surface area contributed by atoms with Crippen LogP contribution in [0.3, 0.4) is 0 Å². The smallest absolute Gasteiger partial charge is 0.0795 e. The van der Waals surface area contributed by atoms with E-state index < -0.39 is 0 Å². The Morgan fingerprint density at radius 2 is 2.35 bits per heavy atom. The molecule has 17 heavy (non-hydrogen) atoms. The number of hydrogen-bond acceptors (Lipinski definition) is 4. The summed E-state index contributed by atoms with van der Waals surface area (Å²) in [6.07, 6.45) is 1.33. The van der Waals surface area contributed by atoms with Crippen molar-refractivity contribution >= 4 is 11.3 Å². The second-order valence-electron chi connectivity index (χ2n) is 5.29. The maximum Gasteiger partial charge on any atom is 0.0795 e. The highest BCUT2D eigenvalue weighted by molar-refractivity contribution is 7.07. The van der Waals surface area contributed by atoms with Crippen molar-refractivity contribution < 1.29 is 0 Å². The van der Waals surface area contributed by atoms with Crippen molar-refractivity contribution in [1.82, 2.24) is 15.2 Å². The quantitative estimate of drug-likeness (QED) is 0.874. The maximum atomic E-state index is 4.35. The second kappa shape index (κ2) is 5.94. The lowest BCUT2D eigenvalue weighted by Crippen LogP contribution is -2.31. The van der Waals surface area contributed by atoms with Gasteiger partial charge in [0.05, 0.1) is 11.2 Å². The van der Waals surface area contributed by atoms with Gasteiger partial charge in [-0.05, 0) is 46.2 Å². The Labute approximate surface area is 108 Å². The standard InChI is InChI=1S/C13H23N3S/c1-10(2)16-5-4-12(7-16)6-14-11(3)13-8-17-9-15-13/h8-12,14H,4-7H2,1-3H3. The van der Waals surface area contributed by atoms with E-state index in [9.17, 15) is 0 Å². The lowest BCUT2D eigenvalue weighted by atomic mass is 10.1. The molecule has 0 saturated carbocycles. The van der Waals surface area contributed by atoms with Gasteiger partial charge in [0, 0.05) is 24.0 Å². The molecule has 2 rings (SSSR count). The van der Waals surface area contributed by atoms with Crippen LogP contribution in [0.4, 0.5) is 0 Å². The highest BCUT2D eigenvalue weighted by Crippen LogP contribution is 2.19. The Morgan fingerprint density at radius 1 is 1.53 bits per heavy atom. The maximum absolute atomic E-state index is 4.35. The van der Waals surface area contributed by atoms with Gasteiger partial charge in [0.15, 0.2) is 0 Å². The molecular formula is C13H23N3S. The van der Waals surface area contributed by atoms with E-state index in [0.29, 0.717) is 12.1 Å². The Balaban J connectivity index is 1.73. The van der Waals surface area contributed by atoms with E-state index >= 15 is 0 Å². The van der Waals surface area contributed by atoms with Gasteiger partial charge in [-0.2, -0.15) is 0 Å². The molecule has 1 aliphatic rings. The van der Waals surface area contributed by atoms with Crippen LogP contribution >= 0.6 is 11.3 Å². The third-order valence-electron chi connectivity index (χ3n) is 3.66. The first kappa shape index (κ1) is 13.0. The number of nitrogens with zero attached hydrogens (tertiary/aromatic N) is 2. The van der Waals surface area contributed by atoms with Crippen molar-refractivity contribution in [2.75, 3.05) is 19.6 Å². The molecule has 1 aromatic rings.